The van der Waals surface area contributed by atoms with Crippen LogP contribution in [-0.4, -0.2) is 23.9 Å². The molecule has 0 aliphatic heterocycles. The number of nitrogens with zero attached hydrogens (tertiary/aromatic N) is 1. The summed E-state index contributed by atoms with van der Waals surface area (Å²) in [5.74, 6) is -2.38. The van der Waals surface area contributed by atoms with Gasteiger partial charge in [-0.3, -0.25) is 14.4 Å². The molecule has 4 aromatic rings. The molecule has 0 radical (unpaired) electrons. The van der Waals surface area contributed by atoms with Crippen molar-refractivity contribution in [2.45, 2.75) is 0 Å². The van der Waals surface area contributed by atoms with E-state index in [1.54, 1.807) is 36.4 Å². The van der Waals surface area contributed by atoms with Crippen molar-refractivity contribution in [2.24, 2.45) is 5.10 Å². The summed E-state index contributed by atoms with van der Waals surface area (Å²) < 4.78 is 0. The Morgan fingerprint density at radius 3 is 2.26 bits per heavy atom. The summed E-state index contributed by atoms with van der Waals surface area (Å²) in [7, 11) is 0. The maximum Gasteiger partial charge on any atom is 0.329 e. The zero-order valence-corrected chi connectivity index (χ0v) is 18.5. The standard InChI is InChI=1S/C26H19ClN4O3/c27-19-12-14-20(15-13-19)29-24(32)22-10-3-4-11-23(22)30-25(33)26(34)31-28-16-18-8-5-7-17-6-1-2-9-21(17)18/h1-16H,(H,29,32)(H,30,33)(H,31,34)/b28-16-. The molecule has 3 amide bonds. The highest BCUT2D eigenvalue weighted by Gasteiger charge is 2.17. The quantitative estimate of drug-likeness (QED) is 0.221. The topological polar surface area (TPSA) is 99.7 Å². The zero-order chi connectivity index (χ0) is 23.9. The van der Waals surface area contributed by atoms with Gasteiger partial charge in [-0.15, -0.1) is 0 Å². The summed E-state index contributed by atoms with van der Waals surface area (Å²) >= 11 is 5.87. The van der Waals surface area contributed by atoms with Crippen LogP contribution in [0, 0.1) is 0 Å². The molecule has 4 rings (SSSR count). The molecule has 0 fully saturated rings. The largest absolute Gasteiger partial charge is 0.329 e. The molecule has 0 aromatic heterocycles. The molecule has 7 nitrogen and oxygen atoms in total. The molecule has 0 atom stereocenters. The van der Waals surface area contributed by atoms with Gasteiger partial charge >= 0.3 is 11.8 Å². The Bertz CT molecular complexity index is 1400. The number of nitrogens with one attached hydrogen (secondary N) is 3. The maximum atomic E-state index is 12.7. The maximum absolute atomic E-state index is 12.7. The molecule has 0 aliphatic rings. The van der Waals surface area contributed by atoms with Crippen molar-refractivity contribution in [1.82, 2.24) is 5.43 Å². The molecule has 8 heteroatoms. The first kappa shape index (κ1) is 22.7. The zero-order valence-electron chi connectivity index (χ0n) is 17.8. The average Bonchev–Trinajstić information content (AvgIpc) is 2.85. The van der Waals surface area contributed by atoms with Gasteiger partial charge in [-0.2, -0.15) is 5.10 Å². The van der Waals surface area contributed by atoms with Crippen LogP contribution in [0.1, 0.15) is 15.9 Å². The van der Waals surface area contributed by atoms with E-state index < -0.39 is 17.7 Å². The summed E-state index contributed by atoms with van der Waals surface area (Å²) in [5.41, 5.74) is 3.93. The highest BCUT2D eigenvalue weighted by Crippen LogP contribution is 2.19. The van der Waals surface area contributed by atoms with Crippen LogP contribution in [0.25, 0.3) is 10.8 Å². The lowest BCUT2D eigenvalue weighted by Crippen LogP contribution is -2.33. The van der Waals surface area contributed by atoms with Crippen molar-refractivity contribution in [3.8, 4) is 0 Å². The number of fused-ring (bicyclic) bond motifs is 1. The van der Waals surface area contributed by atoms with E-state index in [0.717, 1.165) is 16.3 Å². The number of anilines is 2. The smallest absolute Gasteiger partial charge is 0.322 e. The van der Waals surface area contributed by atoms with Crippen molar-refractivity contribution >= 4 is 57.7 Å². The number of para-hydroxylation sites is 1. The van der Waals surface area contributed by atoms with Gasteiger partial charge in [-0.1, -0.05) is 66.2 Å². The second-order valence-electron chi connectivity index (χ2n) is 7.23. The van der Waals surface area contributed by atoms with Crippen LogP contribution < -0.4 is 16.1 Å². The van der Waals surface area contributed by atoms with Gasteiger partial charge in [0, 0.05) is 16.3 Å². The number of halogens is 1. The molecule has 0 bridgehead atoms. The molecule has 0 heterocycles. The van der Waals surface area contributed by atoms with Crippen molar-refractivity contribution in [2.75, 3.05) is 10.6 Å². The number of hydrogen-bond acceptors (Lipinski definition) is 4. The molecule has 34 heavy (non-hydrogen) atoms. The number of benzene rings is 4. The number of carbonyl (C=O) groups excluding carboxylic acids is 3. The van der Waals surface area contributed by atoms with E-state index in [9.17, 15) is 14.4 Å². The van der Waals surface area contributed by atoms with E-state index in [-0.39, 0.29) is 11.3 Å². The lowest BCUT2D eigenvalue weighted by Gasteiger charge is -2.11. The Morgan fingerprint density at radius 1 is 0.735 bits per heavy atom. The fourth-order valence-corrected chi connectivity index (χ4v) is 3.40. The Morgan fingerprint density at radius 2 is 1.44 bits per heavy atom. The summed E-state index contributed by atoms with van der Waals surface area (Å²) in [5, 5.41) is 11.6. The molecule has 0 saturated carbocycles. The van der Waals surface area contributed by atoms with Gasteiger partial charge in [-0.25, -0.2) is 5.43 Å². The highest BCUT2D eigenvalue weighted by atomic mass is 35.5. The molecule has 4 aromatic carbocycles. The lowest BCUT2D eigenvalue weighted by atomic mass is 10.1. The van der Waals surface area contributed by atoms with E-state index >= 15 is 0 Å². The predicted octanol–water partition coefficient (Wildman–Crippen LogP) is 4.83. The number of hydrazone groups is 1. The first-order valence-electron chi connectivity index (χ1n) is 10.3. The molecule has 0 spiro atoms. The van der Waals surface area contributed by atoms with Gasteiger partial charge in [0.15, 0.2) is 0 Å². The summed E-state index contributed by atoms with van der Waals surface area (Å²) in [4.78, 5) is 37.3. The van der Waals surface area contributed by atoms with Gasteiger partial charge in [0.2, 0.25) is 0 Å². The summed E-state index contributed by atoms with van der Waals surface area (Å²) in [6.07, 6.45) is 1.47. The lowest BCUT2D eigenvalue weighted by molar-refractivity contribution is -0.136. The second-order valence-corrected chi connectivity index (χ2v) is 7.66. The Balaban J connectivity index is 1.41. The number of hydrogen-bond donors (Lipinski definition) is 3. The third-order valence-corrected chi connectivity index (χ3v) is 5.17. The third-order valence-electron chi connectivity index (χ3n) is 4.92. The average molecular weight is 471 g/mol. The number of carbonyl (C=O) groups is 3. The van der Waals surface area contributed by atoms with Crippen LogP contribution in [0.3, 0.4) is 0 Å². The number of amides is 3. The van der Waals surface area contributed by atoms with E-state index in [4.69, 9.17) is 11.6 Å². The molecule has 168 valence electrons. The van der Waals surface area contributed by atoms with Gasteiger partial charge in [0.25, 0.3) is 5.91 Å². The summed E-state index contributed by atoms with van der Waals surface area (Å²) in [6, 6.07) is 26.4. The molecule has 0 aliphatic carbocycles. The van der Waals surface area contributed by atoms with E-state index in [0.29, 0.717) is 10.7 Å². The molecule has 3 N–H and O–H groups in total. The van der Waals surface area contributed by atoms with Crippen LogP contribution in [0.4, 0.5) is 11.4 Å². The fourth-order valence-electron chi connectivity index (χ4n) is 3.28. The van der Waals surface area contributed by atoms with Crippen LogP contribution in [0.15, 0.2) is 96.1 Å². The van der Waals surface area contributed by atoms with Gasteiger partial charge in [0.05, 0.1) is 17.5 Å². The molecule has 0 saturated heterocycles. The van der Waals surface area contributed by atoms with Crippen LogP contribution in [-0.2, 0) is 9.59 Å². The fraction of sp³-hybridized carbons (Fsp3) is 0. The number of rotatable bonds is 5. The first-order valence-corrected chi connectivity index (χ1v) is 10.7. The molecule has 0 unspecified atom stereocenters. The SMILES string of the molecule is O=C(N/N=C\c1cccc2ccccc12)C(=O)Nc1ccccc1C(=O)Nc1ccc(Cl)cc1. The van der Waals surface area contributed by atoms with E-state index in [2.05, 4.69) is 21.2 Å². The minimum absolute atomic E-state index is 0.187. The van der Waals surface area contributed by atoms with Crippen LogP contribution in [0.2, 0.25) is 5.02 Å². The predicted molar refractivity (Wildman–Crippen MR) is 134 cm³/mol. The van der Waals surface area contributed by atoms with Gasteiger partial charge < -0.3 is 10.6 Å². The van der Waals surface area contributed by atoms with E-state index in [1.807, 2.05) is 42.5 Å². The van der Waals surface area contributed by atoms with E-state index in [1.165, 1.54) is 18.3 Å². The van der Waals surface area contributed by atoms with Gasteiger partial charge in [0.1, 0.15) is 0 Å². The highest BCUT2D eigenvalue weighted by molar-refractivity contribution is 6.40. The van der Waals surface area contributed by atoms with Crippen LogP contribution >= 0.6 is 11.6 Å². The van der Waals surface area contributed by atoms with Crippen molar-refractivity contribution in [1.29, 1.82) is 0 Å². The summed E-state index contributed by atoms with van der Waals surface area (Å²) in [6.45, 7) is 0. The van der Waals surface area contributed by atoms with Crippen molar-refractivity contribution in [3.05, 3.63) is 107 Å². The van der Waals surface area contributed by atoms with Crippen LogP contribution in [0.5, 0.6) is 0 Å². The first-order chi connectivity index (χ1) is 16.5. The van der Waals surface area contributed by atoms with Crippen molar-refractivity contribution in [3.63, 3.8) is 0 Å². The Kier molecular flexibility index (Phi) is 6.95. The molecular formula is C26H19ClN4O3. The third kappa shape index (κ3) is 5.46. The normalized spacial score (nSPS) is 10.7. The Labute approximate surface area is 200 Å². The van der Waals surface area contributed by atoms with Gasteiger partial charge in [-0.05, 0) is 47.2 Å². The minimum atomic E-state index is -0.968. The Hall–Kier alpha value is -4.49. The minimum Gasteiger partial charge on any atom is -0.322 e. The monoisotopic (exact) mass is 470 g/mol. The molecular weight excluding hydrogens is 452 g/mol. The second kappa shape index (κ2) is 10.4. The van der Waals surface area contributed by atoms with Crippen molar-refractivity contribution < 1.29 is 14.4 Å².